The third kappa shape index (κ3) is 2.01. The molecule has 0 radical (unpaired) electrons. The molecule has 0 aromatic heterocycles. The van der Waals surface area contributed by atoms with Gasteiger partial charge in [0.2, 0.25) is 0 Å². The van der Waals surface area contributed by atoms with E-state index in [2.05, 4.69) is 26.6 Å². The van der Waals surface area contributed by atoms with Crippen LogP contribution in [0.4, 0.5) is 0 Å². The van der Waals surface area contributed by atoms with Gasteiger partial charge in [0.1, 0.15) is 0 Å². The van der Waals surface area contributed by atoms with Crippen molar-refractivity contribution in [2.45, 2.75) is 31.9 Å². The summed E-state index contributed by atoms with van der Waals surface area (Å²) < 4.78 is 7.82. The molecule has 0 heterocycles. The zero-order valence-electron chi connectivity index (χ0n) is 6.82. The Balaban J connectivity index is 4.56. The predicted octanol–water partition coefficient (Wildman–Crippen LogP) is 2.15. The highest BCUT2D eigenvalue weighted by Gasteiger charge is 2.18. The van der Waals surface area contributed by atoms with E-state index in [4.69, 9.17) is 4.78 Å². The molecule has 2 heteroatoms. The van der Waals surface area contributed by atoms with E-state index in [9.17, 15) is 0 Å². The van der Waals surface area contributed by atoms with Gasteiger partial charge in [-0.3, -0.25) is 4.78 Å². The quantitative estimate of drug-likeness (QED) is 0.579. The van der Waals surface area contributed by atoms with Crippen molar-refractivity contribution in [2.75, 3.05) is 6.26 Å². The molecule has 1 N–H and O–H groups in total. The summed E-state index contributed by atoms with van der Waals surface area (Å²) in [5, 5.41) is 0. The van der Waals surface area contributed by atoms with Crippen LogP contribution in [0.5, 0.6) is 0 Å². The number of nitrogens with one attached hydrogen (secondary N) is 1. The lowest BCUT2D eigenvalue weighted by Crippen LogP contribution is -2.28. The van der Waals surface area contributed by atoms with Crippen LogP contribution in [0.2, 0.25) is 0 Å². The van der Waals surface area contributed by atoms with Crippen LogP contribution >= 0.6 is 0 Å². The van der Waals surface area contributed by atoms with Gasteiger partial charge in [0.25, 0.3) is 0 Å². The molecule has 0 amide bonds. The molecule has 0 aliphatic heterocycles. The molecular weight excluding hydrogens is 130 g/mol. The lowest BCUT2D eigenvalue weighted by atomic mass is 10.1. The second kappa shape index (κ2) is 2.33. The highest BCUT2D eigenvalue weighted by Crippen LogP contribution is 2.18. The van der Waals surface area contributed by atoms with Crippen molar-refractivity contribution in [2.24, 2.45) is 0 Å². The average Bonchev–Trinajstić information content (AvgIpc) is 1.64. The van der Waals surface area contributed by atoms with Crippen molar-refractivity contribution in [1.82, 2.24) is 0 Å². The Hall–Kier alpha value is 0.0200. The molecule has 1 atom stereocenters. The van der Waals surface area contributed by atoms with Gasteiger partial charge in [0.15, 0.2) is 0 Å². The third-order valence-electron chi connectivity index (χ3n) is 2.07. The maximum absolute atomic E-state index is 7.71. The molecule has 1 nitrogen and oxygen atoms in total. The van der Waals surface area contributed by atoms with Crippen LogP contribution in [0.15, 0.2) is 0 Å². The van der Waals surface area contributed by atoms with E-state index in [1.807, 2.05) is 6.26 Å². The minimum absolute atomic E-state index is 0.118. The van der Waals surface area contributed by atoms with Gasteiger partial charge in [0, 0.05) is 4.75 Å². The van der Waals surface area contributed by atoms with E-state index in [0.29, 0.717) is 0 Å². The van der Waals surface area contributed by atoms with Gasteiger partial charge < -0.3 is 0 Å². The summed E-state index contributed by atoms with van der Waals surface area (Å²) in [6.45, 7) is 6.34. The fourth-order valence-electron chi connectivity index (χ4n) is 0.319. The highest BCUT2D eigenvalue weighted by molar-refractivity contribution is 8.01. The monoisotopic (exact) mass is 147 g/mol. The normalized spacial score (nSPS) is 19.1. The molecule has 0 bridgehead atoms. The Morgan fingerprint density at radius 1 is 1.56 bits per heavy atom. The maximum Gasteiger partial charge on any atom is 0.0143 e. The average molecular weight is 147 g/mol. The fraction of sp³-hybridized carbons (Fsp3) is 0.857. The summed E-state index contributed by atoms with van der Waals surface area (Å²) in [6.07, 6.45) is 2.99. The largest absolute Gasteiger partial charge is 0.286 e. The molecule has 1 unspecified atom stereocenters. The Bertz CT molecular complexity index is 175. The van der Waals surface area contributed by atoms with Crippen LogP contribution < -0.4 is 0 Å². The molecule has 0 saturated heterocycles. The zero-order chi connectivity index (χ0) is 7.71. The molecule has 0 aliphatic rings. The van der Waals surface area contributed by atoms with E-state index in [1.54, 1.807) is 0 Å². The van der Waals surface area contributed by atoms with Gasteiger partial charge in [-0.05, 0) is 12.7 Å². The Morgan fingerprint density at radius 2 is 1.89 bits per heavy atom. The minimum atomic E-state index is -1.35. The van der Waals surface area contributed by atoms with E-state index in [1.165, 1.54) is 0 Å². The lowest BCUT2D eigenvalue weighted by Gasteiger charge is -2.27. The first-order chi connectivity index (χ1) is 3.81. The number of hydrogen-bond acceptors (Lipinski definition) is 1. The van der Waals surface area contributed by atoms with Crippen molar-refractivity contribution in [1.29, 1.82) is 4.78 Å². The molecule has 0 aromatic carbocycles. The third-order valence-corrected chi connectivity index (χ3v) is 4.80. The first-order valence-corrected chi connectivity index (χ1v) is 5.38. The summed E-state index contributed by atoms with van der Waals surface area (Å²) >= 11 is 0. The van der Waals surface area contributed by atoms with Crippen LogP contribution in [0.25, 0.3) is 0 Å². The Labute approximate surface area is 58.9 Å². The SMILES string of the molecule is C=S(C)(=N)C(C)(C)CC. The molecule has 9 heavy (non-hydrogen) atoms. The van der Waals surface area contributed by atoms with Gasteiger partial charge >= 0.3 is 0 Å². The van der Waals surface area contributed by atoms with Crippen molar-refractivity contribution >= 4 is 15.3 Å². The smallest absolute Gasteiger partial charge is 0.0143 e. The summed E-state index contributed by atoms with van der Waals surface area (Å²) in [7, 11) is -1.35. The predicted molar refractivity (Wildman–Crippen MR) is 47.5 cm³/mol. The molecule has 0 aliphatic carbocycles. The molecule has 56 valence electrons. The first-order valence-electron chi connectivity index (χ1n) is 3.17. The van der Waals surface area contributed by atoms with Crippen LogP contribution in [0.1, 0.15) is 27.2 Å². The van der Waals surface area contributed by atoms with Crippen LogP contribution in [0, 0.1) is 4.78 Å². The van der Waals surface area contributed by atoms with Crippen LogP contribution in [-0.4, -0.2) is 16.9 Å². The molecule has 0 spiro atoms. The van der Waals surface area contributed by atoms with Gasteiger partial charge in [-0.25, -0.2) is 0 Å². The summed E-state index contributed by atoms with van der Waals surface area (Å²) in [5.74, 6) is 3.86. The summed E-state index contributed by atoms with van der Waals surface area (Å²) in [5.41, 5.74) is 0. The van der Waals surface area contributed by atoms with Crippen LogP contribution in [0.3, 0.4) is 0 Å². The van der Waals surface area contributed by atoms with E-state index >= 15 is 0 Å². The van der Waals surface area contributed by atoms with Gasteiger partial charge in [-0.1, -0.05) is 26.6 Å². The van der Waals surface area contributed by atoms with E-state index < -0.39 is 9.41 Å². The first kappa shape index (κ1) is 9.02. The maximum atomic E-state index is 7.71. The van der Waals surface area contributed by atoms with Gasteiger partial charge in [0.05, 0.1) is 0 Å². The van der Waals surface area contributed by atoms with Crippen molar-refractivity contribution in [3.8, 4) is 0 Å². The van der Waals surface area contributed by atoms with Crippen molar-refractivity contribution in [3.63, 3.8) is 0 Å². The Morgan fingerprint density at radius 3 is 1.89 bits per heavy atom. The van der Waals surface area contributed by atoms with E-state index in [0.717, 1.165) is 6.42 Å². The molecule has 0 fully saturated rings. The van der Waals surface area contributed by atoms with Crippen LogP contribution in [-0.2, 0) is 9.41 Å². The topological polar surface area (TPSA) is 23.9 Å². The Kier molecular flexibility index (Phi) is 2.34. The standard InChI is InChI=1S/C7H17NS/c1-6-7(2,3)9(4,5)8/h8H,4,6H2,1-3,5H3. The molecular formula is C7H17NS. The van der Waals surface area contributed by atoms with Crippen molar-refractivity contribution in [3.05, 3.63) is 0 Å². The summed E-state index contributed by atoms with van der Waals surface area (Å²) in [4.78, 5) is 0. The fourth-order valence-corrected chi connectivity index (χ4v) is 0.956. The zero-order valence-corrected chi connectivity index (χ0v) is 7.64. The lowest BCUT2D eigenvalue weighted by molar-refractivity contribution is 0.678. The second-order valence-corrected chi connectivity index (χ2v) is 6.48. The molecule has 0 saturated carbocycles. The van der Waals surface area contributed by atoms with Gasteiger partial charge in [-0.2, -0.15) is 0 Å². The summed E-state index contributed by atoms with van der Waals surface area (Å²) in [6, 6.07) is 0. The van der Waals surface area contributed by atoms with Gasteiger partial charge in [-0.15, -0.1) is 9.41 Å². The highest BCUT2D eigenvalue weighted by atomic mass is 32.2. The minimum Gasteiger partial charge on any atom is -0.286 e. The number of rotatable bonds is 2. The number of hydrogen-bond donors (Lipinski definition) is 1. The molecule has 0 aromatic rings. The second-order valence-electron chi connectivity index (χ2n) is 3.20. The van der Waals surface area contributed by atoms with Crippen molar-refractivity contribution < 1.29 is 0 Å². The molecule has 0 rings (SSSR count). The van der Waals surface area contributed by atoms with E-state index in [-0.39, 0.29) is 4.75 Å².